The van der Waals surface area contributed by atoms with E-state index in [0.717, 1.165) is 0 Å². The average Bonchev–Trinajstić information content (AvgIpc) is 2.71. The summed E-state index contributed by atoms with van der Waals surface area (Å²) in [5.74, 6) is -1.89. The average molecular weight is 484 g/mol. The zero-order valence-electron chi connectivity index (χ0n) is 16.4. The Kier molecular flexibility index (Phi) is 6.64. The molecule has 0 saturated heterocycles. The number of carboxylic acids is 1. The molecular weight excluding hydrogens is 467 g/mol. The van der Waals surface area contributed by atoms with Crippen molar-refractivity contribution in [1.29, 1.82) is 0 Å². The van der Waals surface area contributed by atoms with Gasteiger partial charge in [0.25, 0.3) is 5.91 Å². The number of amides is 1. The molecule has 0 radical (unpaired) electrons. The lowest BCUT2D eigenvalue weighted by Gasteiger charge is -2.39. The van der Waals surface area contributed by atoms with Crippen molar-refractivity contribution in [1.82, 2.24) is 9.97 Å². The molecule has 3 rings (SSSR count). The number of nitrogens with one attached hydrogen (secondary N) is 1. The highest BCUT2D eigenvalue weighted by atomic mass is 35.5. The zero-order chi connectivity index (χ0) is 22.9. The monoisotopic (exact) mass is 482 g/mol. The van der Waals surface area contributed by atoms with Crippen molar-refractivity contribution < 1.29 is 19.5 Å². The van der Waals surface area contributed by atoms with Gasteiger partial charge in [-0.05, 0) is 26.0 Å². The second-order valence-corrected chi connectivity index (χ2v) is 8.65. The number of hydrogen-bond donors (Lipinski definition) is 2. The first-order valence-electron chi connectivity index (χ1n) is 9.07. The van der Waals surface area contributed by atoms with Gasteiger partial charge in [-0.3, -0.25) is 24.5 Å². The van der Waals surface area contributed by atoms with Crippen LogP contribution in [-0.2, 0) is 16.0 Å². The van der Waals surface area contributed by atoms with Gasteiger partial charge in [-0.2, -0.15) is 0 Å². The number of hydrogen-bond acceptors (Lipinski definition) is 6. The molecular formula is C20H17Cl3N4O4. The van der Waals surface area contributed by atoms with Gasteiger partial charge < -0.3 is 10.4 Å². The molecule has 0 bridgehead atoms. The van der Waals surface area contributed by atoms with Gasteiger partial charge in [-0.15, -0.1) is 11.6 Å². The van der Waals surface area contributed by atoms with Gasteiger partial charge in [0.15, 0.2) is 11.8 Å². The SMILES string of the molecule is CC1(C)C(=O)C(Cl)C1=N[C@@H](Cc1ccc(NC(=O)c2c(Cl)cncc2Cl)cn1)C(=O)O. The van der Waals surface area contributed by atoms with Crippen LogP contribution >= 0.6 is 34.8 Å². The Morgan fingerprint density at radius 3 is 2.39 bits per heavy atom. The number of halogens is 3. The number of ketones is 1. The Balaban J connectivity index is 1.73. The fourth-order valence-electron chi connectivity index (χ4n) is 3.03. The van der Waals surface area contributed by atoms with Crippen LogP contribution in [0, 0.1) is 5.41 Å². The van der Waals surface area contributed by atoms with Crippen LogP contribution < -0.4 is 5.32 Å². The van der Waals surface area contributed by atoms with Gasteiger partial charge in [0.1, 0.15) is 5.38 Å². The van der Waals surface area contributed by atoms with E-state index >= 15 is 0 Å². The maximum absolute atomic E-state index is 12.4. The molecule has 31 heavy (non-hydrogen) atoms. The first-order valence-corrected chi connectivity index (χ1v) is 10.3. The third-order valence-electron chi connectivity index (χ3n) is 4.87. The van der Waals surface area contributed by atoms with E-state index in [2.05, 4.69) is 20.3 Å². The number of carbonyl (C=O) groups is 3. The number of anilines is 1. The lowest BCUT2D eigenvalue weighted by Crippen LogP contribution is -2.57. The lowest BCUT2D eigenvalue weighted by atomic mass is 9.68. The van der Waals surface area contributed by atoms with Crippen LogP contribution in [0.25, 0.3) is 0 Å². The number of Topliss-reactive ketones (excluding diaryl/α,β-unsaturated/α-hetero) is 1. The fraction of sp³-hybridized carbons (Fsp3) is 0.300. The number of aliphatic imine (C=N–C) groups is 1. The largest absolute Gasteiger partial charge is 0.480 e. The van der Waals surface area contributed by atoms with E-state index < -0.39 is 28.7 Å². The molecule has 1 unspecified atom stereocenters. The summed E-state index contributed by atoms with van der Waals surface area (Å²) in [6.07, 6.45) is 3.98. The summed E-state index contributed by atoms with van der Waals surface area (Å²) in [5, 5.41) is 11.4. The summed E-state index contributed by atoms with van der Waals surface area (Å²) in [6, 6.07) is 1.98. The molecule has 1 aliphatic rings. The Bertz CT molecular complexity index is 1070. The van der Waals surface area contributed by atoms with E-state index in [0.29, 0.717) is 17.1 Å². The van der Waals surface area contributed by atoms with Crippen molar-refractivity contribution in [2.75, 3.05) is 5.32 Å². The zero-order valence-corrected chi connectivity index (χ0v) is 18.7. The van der Waals surface area contributed by atoms with Crippen LogP contribution in [0.15, 0.2) is 35.7 Å². The summed E-state index contributed by atoms with van der Waals surface area (Å²) < 4.78 is 0. The van der Waals surface area contributed by atoms with Crippen molar-refractivity contribution in [2.24, 2.45) is 10.4 Å². The maximum Gasteiger partial charge on any atom is 0.328 e. The maximum atomic E-state index is 12.4. The summed E-state index contributed by atoms with van der Waals surface area (Å²) in [5.41, 5.74) is 0.350. The summed E-state index contributed by atoms with van der Waals surface area (Å²) in [7, 11) is 0. The van der Waals surface area contributed by atoms with E-state index in [1.54, 1.807) is 26.0 Å². The minimum atomic E-state index is -1.16. The van der Waals surface area contributed by atoms with E-state index in [4.69, 9.17) is 34.8 Å². The first kappa shape index (κ1) is 23.1. The molecule has 0 aromatic carbocycles. The minimum Gasteiger partial charge on any atom is -0.480 e. The number of alkyl halides is 1. The van der Waals surface area contributed by atoms with Gasteiger partial charge in [-0.25, -0.2) is 4.79 Å². The second kappa shape index (κ2) is 8.90. The van der Waals surface area contributed by atoms with Gasteiger partial charge in [0.2, 0.25) is 0 Å². The summed E-state index contributed by atoms with van der Waals surface area (Å²) in [4.78, 5) is 48.1. The molecule has 1 amide bonds. The first-order chi connectivity index (χ1) is 14.5. The van der Waals surface area contributed by atoms with Crippen LogP contribution in [0.3, 0.4) is 0 Å². The molecule has 0 spiro atoms. The molecule has 1 saturated carbocycles. The lowest BCUT2D eigenvalue weighted by molar-refractivity contribution is -0.138. The van der Waals surface area contributed by atoms with Crippen LogP contribution in [0.2, 0.25) is 10.0 Å². The Labute approximate surface area is 192 Å². The third-order valence-corrected chi connectivity index (χ3v) is 5.85. The number of nitrogens with zero attached hydrogens (tertiary/aromatic N) is 3. The molecule has 162 valence electrons. The van der Waals surface area contributed by atoms with Gasteiger partial charge in [-0.1, -0.05) is 23.2 Å². The predicted octanol–water partition coefficient (Wildman–Crippen LogP) is 3.69. The minimum absolute atomic E-state index is 0.0110. The van der Waals surface area contributed by atoms with Crippen LogP contribution in [0.1, 0.15) is 29.9 Å². The van der Waals surface area contributed by atoms with Crippen LogP contribution in [-0.4, -0.2) is 49.9 Å². The van der Waals surface area contributed by atoms with E-state index in [9.17, 15) is 19.5 Å². The molecule has 2 aromatic rings. The fourth-order valence-corrected chi connectivity index (χ4v) is 4.17. The number of aromatic nitrogens is 2. The van der Waals surface area contributed by atoms with Crippen molar-refractivity contribution in [3.8, 4) is 0 Å². The molecule has 2 heterocycles. The van der Waals surface area contributed by atoms with E-state index in [-0.39, 0.29) is 27.8 Å². The quantitative estimate of drug-likeness (QED) is 0.604. The van der Waals surface area contributed by atoms with Gasteiger partial charge in [0, 0.05) is 24.5 Å². The number of carboxylic acid groups (broad SMARTS) is 1. The van der Waals surface area contributed by atoms with Crippen LogP contribution in [0.4, 0.5) is 5.69 Å². The van der Waals surface area contributed by atoms with Gasteiger partial charge >= 0.3 is 5.97 Å². The number of carbonyl (C=O) groups excluding carboxylic acids is 2. The van der Waals surface area contributed by atoms with E-state index in [1.807, 2.05) is 0 Å². The second-order valence-electron chi connectivity index (χ2n) is 7.39. The highest BCUT2D eigenvalue weighted by molar-refractivity contribution is 6.53. The number of rotatable bonds is 6. The smallest absolute Gasteiger partial charge is 0.328 e. The van der Waals surface area contributed by atoms with E-state index in [1.165, 1.54) is 18.6 Å². The molecule has 11 heteroatoms. The standard InChI is InChI=1S/C20H17Cl3N4O4/c1-20(2)16(15(23)17(20)28)27-13(19(30)31)5-9-3-4-10(6-25-9)26-18(29)14-11(21)7-24-8-12(14)22/h3-4,6-8,13,15H,5H2,1-2H3,(H,26,29)(H,30,31)/t13-,15?/m0/s1. The van der Waals surface area contributed by atoms with Crippen molar-refractivity contribution >= 4 is 63.9 Å². The molecule has 1 aliphatic carbocycles. The highest BCUT2D eigenvalue weighted by Gasteiger charge is 2.52. The molecule has 0 aliphatic heterocycles. The molecule has 1 fully saturated rings. The Morgan fingerprint density at radius 2 is 1.87 bits per heavy atom. The third kappa shape index (κ3) is 4.71. The predicted molar refractivity (Wildman–Crippen MR) is 117 cm³/mol. The molecule has 8 nitrogen and oxygen atoms in total. The molecule has 2 aromatic heterocycles. The topological polar surface area (TPSA) is 122 Å². The highest BCUT2D eigenvalue weighted by Crippen LogP contribution is 2.37. The van der Waals surface area contributed by atoms with Gasteiger partial charge in [0.05, 0.1) is 38.6 Å². The van der Waals surface area contributed by atoms with Crippen molar-refractivity contribution in [3.63, 3.8) is 0 Å². The Morgan fingerprint density at radius 1 is 1.23 bits per heavy atom. The molecule has 2 N–H and O–H groups in total. The summed E-state index contributed by atoms with van der Waals surface area (Å²) >= 11 is 17.9. The van der Waals surface area contributed by atoms with Crippen LogP contribution in [0.5, 0.6) is 0 Å². The Hall–Kier alpha value is -2.55. The number of aliphatic carboxylic acids is 1. The number of pyridine rings is 2. The summed E-state index contributed by atoms with van der Waals surface area (Å²) in [6.45, 7) is 3.31. The molecule has 2 atom stereocenters. The van der Waals surface area contributed by atoms with Crippen molar-refractivity contribution in [2.45, 2.75) is 31.7 Å². The van der Waals surface area contributed by atoms with Crippen molar-refractivity contribution in [3.05, 3.63) is 52.0 Å². The normalized spacial score (nSPS) is 19.6.